The van der Waals surface area contributed by atoms with E-state index in [4.69, 9.17) is 11.6 Å². The van der Waals surface area contributed by atoms with Gasteiger partial charge in [-0.25, -0.2) is 4.79 Å². The Bertz CT molecular complexity index is 675. The van der Waals surface area contributed by atoms with Gasteiger partial charge in [0, 0.05) is 0 Å². The summed E-state index contributed by atoms with van der Waals surface area (Å²) < 4.78 is 0. The topological polar surface area (TPSA) is 102 Å². The van der Waals surface area contributed by atoms with Gasteiger partial charge in [-0.05, 0) is 30.5 Å². The number of halogens is 1. The number of urea groups is 1. The maximum absolute atomic E-state index is 12.5. The molecular weight excluding hydrogens is 322 g/mol. The molecule has 23 heavy (non-hydrogen) atoms. The first-order valence-electron chi connectivity index (χ1n) is 7.35. The molecule has 1 aromatic rings. The van der Waals surface area contributed by atoms with Crippen molar-refractivity contribution in [2.75, 3.05) is 0 Å². The monoisotopic (exact) mass is 337 g/mol. The molecule has 0 bridgehead atoms. The fraction of sp³-hybridized carbons (Fsp3) is 0.400. The molecule has 2 aliphatic rings. The van der Waals surface area contributed by atoms with Gasteiger partial charge in [0.05, 0.1) is 11.2 Å². The van der Waals surface area contributed by atoms with Gasteiger partial charge in [-0.15, -0.1) is 5.01 Å². The van der Waals surface area contributed by atoms with Crippen molar-refractivity contribution >= 4 is 29.8 Å². The van der Waals surface area contributed by atoms with Crippen molar-refractivity contribution in [3.05, 3.63) is 22.7 Å². The molecule has 1 heterocycles. The number of hydrogen-bond acceptors (Lipinski definition) is 5. The summed E-state index contributed by atoms with van der Waals surface area (Å²) in [5, 5.41) is 26.3. The number of imide groups is 1. The minimum atomic E-state index is -0.832. The summed E-state index contributed by atoms with van der Waals surface area (Å²) >= 11 is 5.76. The molecule has 1 saturated heterocycles. The minimum Gasteiger partial charge on any atom is -0.504 e. The molecule has 7 nitrogen and oxygen atoms in total. The van der Waals surface area contributed by atoms with Crippen LogP contribution in [0.25, 0.3) is 0 Å². The number of benzene rings is 1. The second-order valence-corrected chi connectivity index (χ2v) is 6.21. The lowest BCUT2D eigenvalue weighted by atomic mass is 9.82. The Morgan fingerprint density at radius 2 is 1.91 bits per heavy atom. The van der Waals surface area contributed by atoms with Crippen LogP contribution in [0.4, 0.5) is 4.79 Å². The second-order valence-electron chi connectivity index (χ2n) is 5.80. The van der Waals surface area contributed by atoms with Crippen LogP contribution in [0.2, 0.25) is 5.02 Å². The summed E-state index contributed by atoms with van der Waals surface area (Å²) in [5.74, 6) is -1.19. The van der Waals surface area contributed by atoms with Gasteiger partial charge in [0.15, 0.2) is 11.5 Å². The highest BCUT2D eigenvalue weighted by atomic mass is 35.5. The first kappa shape index (κ1) is 15.6. The quantitative estimate of drug-likeness (QED) is 0.438. The van der Waals surface area contributed by atoms with Gasteiger partial charge >= 0.3 is 6.03 Å². The fourth-order valence-corrected chi connectivity index (χ4v) is 3.23. The van der Waals surface area contributed by atoms with Crippen LogP contribution < -0.4 is 5.32 Å². The number of carbonyl (C=O) groups excluding carboxylic acids is 2. The predicted octanol–water partition coefficient (Wildman–Crippen LogP) is 2.34. The summed E-state index contributed by atoms with van der Waals surface area (Å²) in [6, 6.07) is 2.05. The number of rotatable bonds is 2. The normalized spacial score (nSPS) is 20.5. The lowest BCUT2D eigenvalue weighted by molar-refractivity contribution is -0.132. The maximum atomic E-state index is 12.5. The molecule has 0 aromatic heterocycles. The Balaban J connectivity index is 1.82. The number of phenols is 2. The van der Waals surface area contributed by atoms with E-state index in [1.165, 1.54) is 18.3 Å². The van der Waals surface area contributed by atoms with Gasteiger partial charge in [-0.3, -0.25) is 4.79 Å². The second kappa shape index (κ2) is 5.73. The molecule has 3 N–H and O–H groups in total. The van der Waals surface area contributed by atoms with E-state index in [1.54, 1.807) is 0 Å². The summed E-state index contributed by atoms with van der Waals surface area (Å²) in [6.45, 7) is 0. The number of carbonyl (C=O) groups is 2. The largest absolute Gasteiger partial charge is 0.504 e. The van der Waals surface area contributed by atoms with Gasteiger partial charge in [-0.1, -0.05) is 30.9 Å². The molecule has 1 spiro atoms. The Hall–Kier alpha value is -2.28. The van der Waals surface area contributed by atoms with Crippen molar-refractivity contribution in [2.24, 2.45) is 5.10 Å². The third-order valence-corrected chi connectivity index (χ3v) is 4.52. The van der Waals surface area contributed by atoms with Crippen LogP contribution in [0.3, 0.4) is 0 Å². The number of phenolic OH excluding ortho intramolecular Hbond substituents is 2. The van der Waals surface area contributed by atoms with Crippen LogP contribution in [0.5, 0.6) is 11.5 Å². The highest BCUT2D eigenvalue weighted by Gasteiger charge is 2.51. The first-order chi connectivity index (χ1) is 10.9. The van der Waals surface area contributed by atoms with Crippen LogP contribution >= 0.6 is 11.6 Å². The average molecular weight is 338 g/mol. The van der Waals surface area contributed by atoms with E-state index in [1.807, 2.05) is 0 Å². The van der Waals surface area contributed by atoms with Gasteiger partial charge in [0.25, 0.3) is 5.91 Å². The van der Waals surface area contributed by atoms with E-state index in [-0.39, 0.29) is 10.9 Å². The lowest BCUT2D eigenvalue weighted by Crippen LogP contribution is -2.48. The number of amides is 3. The molecule has 1 saturated carbocycles. The van der Waals surface area contributed by atoms with E-state index in [0.29, 0.717) is 18.4 Å². The fourth-order valence-electron chi connectivity index (χ4n) is 3.01. The van der Waals surface area contributed by atoms with Crippen LogP contribution in [0.1, 0.15) is 37.7 Å². The van der Waals surface area contributed by atoms with Crippen molar-refractivity contribution in [1.82, 2.24) is 10.3 Å². The van der Waals surface area contributed by atoms with Crippen molar-refractivity contribution in [3.8, 4) is 11.5 Å². The molecule has 1 aromatic carbocycles. The van der Waals surface area contributed by atoms with Crippen LogP contribution in [0, 0.1) is 0 Å². The first-order valence-corrected chi connectivity index (χ1v) is 7.73. The van der Waals surface area contributed by atoms with E-state index in [0.717, 1.165) is 24.3 Å². The minimum absolute atomic E-state index is 0.0487. The molecule has 2 fully saturated rings. The molecule has 3 rings (SSSR count). The Kier molecular flexibility index (Phi) is 3.89. The third kappa shape index (κ3) is 2.72. The third-order valence-electron chi connectivity index (χ3n) is 4.24. The summed E-state index contributed by atoms with van der Waals surface area (Å²) in [6.07, 6.45) is 5.32. The van der Waals surface area contributed by atoms with Crippen molar-refractivity contribution in [1.29, 1.82) is 0 Å². The van der Waals surface area contributed by atoms with Crippen LogP contribution in [-0.4, -0.2) is 38.9 Å². The van der Waals surface area contributed by atoms with E-state index >= 15 is 0 Å². The smallest absolute Gasteiger partial charge is 0.346 e. The lowest BCUT2D eigenvalue weighted by Gasteiger charge is -2.29. The number of hydrogen-bond donors (Lipinski definition) is 3. The van der Waals surface area contributed by atoms with Crippen molar-refractivity contribution in [3.63, 3.8) is 0 Å². The summed E-state index contributed by atoms with van der Waals surface area (Å²) in [7, 11) is 0. The molecule has 3 amide bonds. The Morgan fingerprint density at radius 1 is 1.22 bits per heavy atom. The van der Waals surface area contributed by atoms with Crippen molar-refractivity contribution < 1.29 is 19.8 Å². The molecule has 0 radical (unpaired) electrons. The van der Waals surface area contributed by atoms with Crippen molar-refractivity contribution in [2.45, 2.75) is 37.6 Å². The van der Waals surface area contributed by atoms with Gasteiger partial charge in [0.2, 0.25) is 0 Å². The molecule has 0 atom stereocenters. The number of aromatic hydroxyl groups is 2. The average Bonchev–Trinajstić information content (AvgIpc) is 2.74. The highest BCUT2D eigenvalue weighted by molar-refractivity contribution is 6.32. The highest BCUT2D eigenvalue weighted by Crippen LogP contribution is 2.35. The van der Waals surface area contributed by atoms with Gasteiger partial charge < -0.3 is 15.5 Å². The summed E-state index contributed by atoms with van der Waals surface area (Å²) in [5.41, 5.74) is -0.475. The Morgan fingerprint density at radius 3 is 2.57 bits per heavy atom. The van der Waals surface area contributed by atoms with E-state index in [9.17, 15) is 19.8 Å². The van der Waals surface area contributed by atoms with E-state index in [2.05, 4.69) is 10.4 Å². The molecule has 1 aliphatic carbocycles. The summed E-state index contributed by atoms with van der Waals surface area (Å²) in [4.78, 5) is 24.5. The standard InChI is InChI=1S/C15H16ClN3O4/c16-10-6-9(7-11(20)12(10)21)8-17-19-13(22)15(18-14(19)23)4-2-1-3-5-15/h6-8,20-21H,1-5H2,(H,18,23)/b17-8+. The zero-order valence-corrected chi connectivity index (χ0v) is 13.0. The zero-order valence-electron chi connectivity index (χ0n) is 12.3. The molecule has 8 heteroatoms. The Labute approximate surface area is 137 Å². The van der Waals surface area contributed by atoms with Gasteiger partial charge in [0.1, 0.15) is 5.54 Å². The van der Waals surface area contributed by atoms with E-state index < -0.39 is 23.1 Å². The predicted molar refractivity (Wildman–Crippen MR) is 83.6 cm³/mol. The van der Waals surface area contributed by atoms with Crippen LogP contribution in [0.15, 0.2) is 17.2 Å². The number of nitrogens with one attached hydrogen (secondary N) is 1. The zero-order chi connectivity index (χ0) is 16.6. The number of nitrogens with zero attached hydrogens (tertiary/aromatic N) is 2. The molecule has 1 aliphatic heterocycles. The molecular formula is C15H16ClN3O4. The van der Waals surface area contributed by atoms with Gasteiger partial charge in [-0.2, -0.15) is 5.10 Å². The molecule has 122 valence electrons. The van der Waals surface area contributed by atoms with Crippen LogP contribution in [-0.2, 0) is 4.79 Å². The SMILES string of the molecule is O=C1NC2(CCCCC2)C(=O)N1/N=C/c1cc(O)c(O)c(Cl)c1. The molecule has 0 unspecified atom stereocenters. The number of hydrazone groups is 1. The maximum Gasteiger partial charge on any atom is 0.346 e.